The minimum absolute atomic E-state index is 0.0586. The van der Waals surface area contributed by atoms with Crippen molar-refractivity contribution in [2.75, 3.05) is 50.3 Å². The smallest absolute Gasteiger partial charge is 0.228 e. The molecule has 0 bridgehead atoms. The number of benzene rings is 1. The second-order valence-electron chi connectivity index (χ2n) is 5.87. The van der Waals surface area contributed by atoms with Crippen molar-refractivity contribution >= 4 is 35.0 Å². The van der Waals surface area contributed by atoms with Gasteiger partial charge in [-0.1, -0.05) is 11.6 Å². The third-order valence-corrected chi connectivity index (χ3v) is 5.32. The van der Waals surface area contributed by atoms with E-state index in [9.17, 15) is 0 Å². The molecule has 1 unspecified atom stereocenters. The number of thioether (sulfide) groups is 1. The van der Waals surface area contributed by atoms with Gasteiger partial charge in [0.15, 0.2) is 0 Å². The van der Waals surface area contributed by atoms with Crippen molar-refractivity contribution in [3.05, 3.63) is 35.6 Å². The lowest BCUT2D eigenvalue weighted by Crippen LogP contribution is -2.56. The second kappa shape index (κ2) is 8.12. The van der Waals surface area contributed by atoms with Crippen molar-refractivity contribution < 1.29 is 4.74 Å². The predicted molar refractivity (Wildman–Crippen MR) is 104 cm³/mol. The third-order valence-electron chi connectivity index (χ3n) is 4.18. The SMILES string of the molecule is COc1ccc(NC2CN(C)CCN2c2ncc(SC)c(Cl)n2)cc1. The quantitative estimate of drug-likeness (QED) is 0.632. The number of anilines is 2. The van der Waals surface area contributed by atoms with E-state index in [1.165, 1.54) is 0 Å². The van der Waals surface area contributed by atoms with Gasteiger partial charge in [0.2, 0.25) is 5.95 Å². The predicted octanol–water partition coefficient (Wildman–Crippen LogP) is 3.05. The summed E-state index contributed by atoms with van der Waals surface area (Å²) in [7, 11) is 3.78. The summed E-state index contributed by atoms with van der Waals surface area (Å²) in [4.78, 5) is 14.3. The first-order chi connectivity index (χ1) is 12.1. The molecule has 134 valence electrons. The Kier molecular flexibility index (Phi) is 5.88. The first-order valence-corrected chi connectivity index (χ1v) is 9.63. The molecular formula is C17H22ClN5OS. The molecule has 3 rings (SSSR count). The lowest BCUT2D eigenvalue weighted by atomic mass is 10.2. The molecular weight excluding hydrogens is 358 g/mol. The minimum atomic E-state index is 0.0586. The van der Waals surface area contributed by atoms with Gasteiger partial charge in [0.1, 0.15) is 17.1 Å². The van der Waals surface area contributed by atoms with Gasteiger partial charge in [-0.2, -0.15) is 4.98 Å². The van der Waals surface area contributed by atoms with Crippen LogP contribution in [0.2, 0.25) is 5.15 Å². The van der Waals surface area contributed by atoms with Crippen molar-refractivity contribution in [2.24, 2.45) is 0 Å². The Morgan fingerprint density at radius 2 is 2.04 bits per heavy atom. The standard InChI is InChI=1S/C17H22ClN5OS/c1-22-8-9-23(17-19-10-14(25-3)16(18)21-17)15(11-22)20-12-4-6-13(24-2)7-5-12/h4-7,10,15,20H,8-9,11H2,1-3H3. The number of nitrogens with one attached hydrogen (secondary N) is 1. The van der Waals surface area contributed by atoms with Gasteiger partial charge in [0, 0.05) is 31.5 Å². The monoisotopic (exact) mass is 379 g/mol. The molecule has 1 aromatic carbocycles. The molecule has 1 aromatic heterocycles. The van der Waals surface area contributed by atoms with E-state index in [1.807, 2.05) is 30.5 Å². The Hall–Kier alpha value is -1.70. The summed E-state index contributed by atoms with van der Waals surface area (Å²) in [6.45, 7) is 2.64. The van der Waals surface area contributed by atoms with Crippen molar-refractivity contribution in [1.82, 2.24) is 14.9 Å². The topological polar surface area (TPSA) is 53.5 Å². The fourth-order valence-electron chi connectivity index (χ4n) is 2.78. The highest BCUT2D eigenvalue weighted by molar-refractivity contribution is 7.98. The van der Waals surface area contributed by atoms with E-state index in [4.69, 9.17) is 16.3 Å². The van der Waals surface area contributed by atoms with Crippen LogP contribution < -0.4 is 15.0 Å². The Bertz CT molecular complexity index is 715. The van der Waals surface area contributed by atoms with E-state index in [-0.39, 0.29) is 6.17 Å². The van der Waals surface area contributed by atoms with E-state index in [1.54, 1.807) is 25.1 Å². The molecule has 0 spiro atoms. The molecule has 0 radical (unpaired) electrons. The summed E-state index contributed by atoms with van der Waals surface area (Å²) in [6, 6.07) is 7.91. The van der Waals surface area contributed by atoms with Crippen LogP contribution in [0.5, 0.6) is 5.75 Å². The van der Waals surface area contributed by atoms with E-state index in [0.717, 1.165) is 36.0 Å². The van der Waals surface area contributed by atoms with Gasteiger partial charge in [0.25, 0.3) is 0 Å². The molecule has 0 aliphatic carbocycles. The van der Waals surface area contributed by atoms with Crippen molar-refractivity contribution in [3.8, 4) is 5.75 Å². The lowest BCUT2D eigenvalue weighted by Gasteiger charge is -2.40. The van der Waals surface area contributed by atoms with Crippen molar-refractivity contribution in [1.29, 1.82) is 0 Å². The highest BCUT2D eigenvalue weighted by Crippen LogP contribution is 2.26. The maximum absolute atomic E-state index is 6.28. The maximum atomic E-state index is 6.28. The second-order valence-corrected chi connectivity index (χ2v) is 7.08. The first-order valence-electron chi connectivity index (χ1n) is 8.03. The van der Waals surface area contributed by atoms with Gasteiger partial charge in [-0.15, -0.1) is 11.8 Å². The van der Waals surface area contributed by atoms with E-state index >= 15 is 0 Å². The summed E-state index contributed by atoms with van der Waals surface area (Å²) in [5.74, 6) is 1.49. The summed E-state index contributed by atoms with van der Waals surface area (Å²) >= 11 is 7.82. The van der Waals surface area contributed by atoms with E-state index in [2.05, 4.69) is 32.1 Å². The van der Waals surface area contributed by atoms with E-state index in [0.29, 0.717) is 11.1 Å². The zero-order chi connectivity index (χ0) is 17.8. The fraction of sp³-hybridized carbons (Fsp3) is 0.412. The van der Waals surface area contributed by atoms with Crippen LogP contribution in [0.25, 0.3) is 0 Å². The van der Waals surface area contributed by atoms with Gasteiger partial charge in [-0.25, -0.2) is 4.98 Å². The fourth-order valence-corrected chi connectivity index (χ4v) is 3.51. The Morgan fingerprint density at radius 3 is 2.68 bits per heavy atom. The minimum Gasteiger partial charge on any atom is -0.497 e. The Labute approximate surface area is 157 Å². The molecule has 1 saturated heterocycles. The third kappa shape index (κ3) is 4.29. The highest BCUT2D eigenvalue weighted by atomic mass is 35.5. The van der Waals surface area contributed by atoms with Crippen molar-refractivity contribution in [2.45, 2.75) is 11.1 Å². The number of aromatic nitrogens is 2. The maximum Gasteiger partial charge on any atom is 0.228 e. The molecule has 25 heavy (non-hydrogen) atoms. The largest absolute Gasteiger partial charge is 0.497 e. The molecule has 1 fully saturated rings. The molecule has 1 N–H and O–H groups in total. The molecule has 1 atom stereocenters. The lowest BCUT2D eigenvalue weighted by molar-refractivity contribution is 0.277. The van der Waals surface area contributed by atoms with Crippen LogP contribution in [0.4, 0.5) is 11.6 Å². The summed E-state index contributed by atoms with van der Waals surface area (Å²) in [6.07, 6.45) is 3.81. The van der Waals surface area contributed by atoms with Gasteiger partial charge in [-0.3, -0.25) is 0 Å². The molecule has 0 saturated carbocycles. The molecule has 2 aromatic rings. The van der Waals surface area contributed by atoms with Crippen LogP contribution in [-0.4, -0.2) is 61.1 Å². The number of rotatable bonds is 5. The summed E-state index contributed by atoms with van der Waals surface area (Å²) in [5, 5.41) is 4.06. The highest BCUT2D eigenvalue weighted by Gasteiger charge is 2.27. The number of ether oxygens (including phenoxy) is 1. The van der Waals surface area contributed by atoms with Crippen LogP contribution in [0.1, 0.15) is 0 Å². The molecule has 8 heteroatoms. The molecule has 2 heterocycles. The van der Waals surface area contributed by atoms with Crippen LogP contribution >= 0.6 is 23.4 Å². The van der Waals surface area contributed by atoms with Crippen LogP contribution in [0, 0.1) is 0 Å². The first kappa shape index (κ1) is 18.1. The zero-order valence-electron chi connectivity index (χ0n) is 14.6. The number of piperazine rings is 1. The molecule has 6 nitrogen and oxygen atoms in total. The number of hydrogen-bond donors (Lipinski definition) is 1. The van der Waals surface area contributed by atoms with E-state index < -0.39 is 0 Å². The van der Waals surface area contributed by atoms with Crippen LogP contribution in [0.3, 0.4) is 0 Å². The summed E-state index contributed by atoms with van der Waals surface area (Å²) < 4.78 is 5.22. The Balaban J connectivity index is 1.81. The number of halogens is 1. The average molecular weight is 380 g/mol. The normalized spacial score (nSPS) is 18.2. The van der Waals surface area contributed by atoms with Gasteiger partial charge in [-0.05, 0) is 37.6 Å². The molecule has 0 amide bonds. The number of nitrogens with zero attached hydrogens (tertiary/aromatic N) is 4. The van der Waals surface area contributed by atoms with Gasteiger partial charge >= 0.3 is 0 Å². The number of methoxy groups -OCH3 is 1. The van der Waals surface area contributed by atoms with Gasteiger partial charge < -0.3 is 19.9 Å². The summed E-state index contributed by atoms with van der Waals surface area (Å²) in [5.41, 5.74) is 1.03. The van der Waals surface area contributed by atoms with Crippen LogP contribution in [0.15, 0.2) is 35.4 Å². The Morgan fingerprint density at radius 1 is 1.28 bits per heavy atom. The number of hydrogen-bond acceptors (Lipinski definition) is 7. The molecule has 1 aliphatic heterocycles. The number of likely N-dealkylation sites (N-methyl/N-ethyl adjacent to an activating group) is 1. The van der Waals surface area contributed by atoms with Crippen molar-refractivity contribution in [3.63, 3.8) is 0 Å². The zero-order valence-corrected chi connectivity index (χ0v) is 16.1. The molecule has 1 aliphatic rings. The average Bonchev–Trinajstić information content (AvgIpc) is 2.62. The van der Waals surface area contributed by atoms with Crippen LogP contribution in [-0.2, 0) is 0 Å². The van der Waals surface area contributed by atoms with Gasteiger partial charge in [0.05, 0.1) is 12.0 Å².